The molecule has 4 rings (SSSR count). The van der Waals surface area contributed by atoms with Crippen LogP contribution in [0.4, 0.5) is 13.2 Å². The lowest BCUT2D eigenvalue weighted by Gasteiger charge is -2.33. The van der Waals surface area contributed by atoms with E-state index >= 15 is 0 Å². The second-order valence-electron chi connectivity index (χ2n) is 8.01. The molecule has 0 bridgehead atoms. The summed E-state index contributed by atoms with van der Waals surface area (Å²) in [6.45, 7) is 2.66. The van der Waals surface area contributed by atoms with Crippen molar-refractivity contribution in [3.05, 3.63) is 59.3 Å². The summed E-state index contributed by atoms with van der Waals surface area (Å²) in [7, 11) is 0. The topological polar surface area (TPSA) is 63.4 Å². The second-order valence-corrected chi connectivity index (χ2v) is 8.01. The van der Waals surface area contributed by atoms with E-state index in [1.807, 2.05) is 12.1 Å². The molecule has 0 spiro atoms. The smallest absolute Gasteiger partial charge is 0.342 e. The fourth-order valence-corrected chi connectivity index (χ4v) is 4.12. The van der Waals surface area contributed by atoms with Crippen molar-refractivity contribution in [2.45, 2.75) is 51.1 Å². The number of hydrogen-bond acceptors (Lipinski definition) is 4. The zero-order valence-electron chi connectivity index (χ0n) is 17.3. The Balaban J connectivity index is 1.46. The first-order chi connectivity index (χ1) is 14.8. The number of halogens is 3. The quantitative estimate of drug-likeness (QED) is 0.608. The molecular weight excluding hydrogens is 407 g/mol. The van der Waals surface area contributed by atoms with E-state index in [1.54, 1.807) is 30.3 Å². The van der Waals surface area contributed by atoms with E-state index in [-0.39, 0.29) is 17.5 Å². The molecule has 164 valence electrons. The Kier molecular flexibility index (Phi) is 5.93. The number of hydrogen-bond donors (Lipinski definition) is 0. The normalized spacial score (nSPS) is 17.3. The van der Waals surface area contributed by atoms with Crippen LogP contribution in [0.15, 0.2) is 36.7 Å². The molecule has 0 radical (unpaired) electrons. The number of fused-ring (bicyclic) bond motifs is 1. The average Bonchev–Trinajstić information content (AvgIpc) is 3.13. The zero-order valence-corrected chi connectivity index (χ0v) is 17.3. The Labute approximate surface area is 178 Å². The highest BCUT2D eigenvalue weighted by molar-refractivity contribution is 5.76. The van der Waals surface area contributed by atoms with Crippen molar-refractivity contribution in [2.75, 3.05) is 13.1 Å². The molecule has 1 atom stereocenters. The third kappa shape index (κ3) is 4.86. The molecule has 1 aliphatic heterocycles. The fraction of sp³-hybridized carbons (Fsp3) is 0.455. The maximum atomic E-state index is 13.6. The first-order valence-corrected chi connectivity index (χ1v) is 10.4. The lowest BCUT2D eigenvalue weighted by Crippen LogP contribution is -2.39. The minimum absolute atomic E-state index is 0.0380. The minimum Gasteiger partial charge on any atom is -0.342 e. The number of carbonyl (C=O) groups excluding carboxylic acids is 1. The Hall–Kier alpha value is -2.97. The Morgan fingerprint density at radius 2 is 2.00 bits per heavy atom. The maximum absolute atomic E-state index is 13.6. The van der Waals surface area contributed by atoms with Crippen LogP contribution in [0.3, 0.4) is 0 Å². The standard InChI is InChI=1S/C22H24F3N5O/c1-15-12-20-27-18(13-19(22(23,24)25)30(20)28-15)17-5-3-11-29(14-17)21(31)6-2-4-16-7-9-26-10-8-16/h7-10,12-13,17H,2-6,11,14H2,1H3/t17-/m0/s1. The van der Waals surface area contributed by atoms with Crippen LogP contribution in [0.5, 0.6) is 0 Å². The van der Waals surface area contributed by atoms with E-state index in [0.29, 0.717) is 37.3 Å². The van der Waals surface area contributed by atoms with Gasteiger partial charge in [0.2, 0.25) is 5.91 Å². The highest BCUT2D eigenvalue weighted by atomic mass is 19.4. The van der Waals surface area contributed by atoms with Gasteiger partial charge in [0.25, 0.3) is 0 Å². The molecule has 0 unspecified atom stereocenters. The minimum atomic E-state index is -4.54. The molecule has 3 aromatic heterocycles. The molecule has 1 amide bonds. The Morgan fingerprint density at radius 3 is 2.74 bits per heavy atom. The van der Waals surface area contributed by atoms with Crippen molar-refractivity contribution in [1.82, 2.24) is 24.5 Å². The van der Waals surface area contributed by atoms with Crippen molar-refractivity contribution in [1.29, 1.82) is 0 Å². The molecule has 31 heavy (non-hydrogen) atoms. The van der Waals surface area contributed by atoms with E-state index in [2.05, 4.69) is 15.1 Å². The third-order valence-electron chi connectivity index (χ3n) is 5.66. The van der Waals surface area contributed by atoms with Crippen molar-refractivity contribution in [3.8, 4) is 0 Å². The van der Waals surface area contributed by atoms with Gasteiger partial charge in [-0.2, -0.15) is 18.3 Å². The van der Waals surface area contributed by atoms with E-state index in [1.165, 1.54) is 0 Å². The number of nitrogens with zero attached hydrogens (tertiary/aromatic N) is 5. The van der Waals surface area contributed by atoms with Crippen LogP contribution in [0, 0.1) is 6.92 Å². The lowest BCUT2D eigenvalue weighted by molar-refractivity contribution is -0.143. The molecule has 9 heteroatoms. The molecule has 0 aromatic carbocycles. The van der Waals surface area contributed by atoms with Gasteiger partial charge in [-0.3, -0.25) is 9.78 Å². The predicted molar refractivity (Wildman–Crippen MR) is 108 cm³/mol. The summed E-state index contributed by atoms with van der Waals surface area (Å²) in [6.07, 6.45) is 2.30. The highest BCUT2D eigenvalue weighted by Crippen LogP contribution is 2.33. The van der Waals surface area contributed by atoms with Gasteiger partial charge in [0.15, 0.2) is 5.65 Å². The van der Waals surface area contributed by atoms with Crippen LogP contribution < -0.4 is 0 Å². The van der Waals surface area contributed by atoms with Gasteiger partial charge in [0.05, 0.1) is 5.69 Å². The molecule has 1 aliphatic rings. The van der Waals surface area contributed by atoms with Gasteiger partial charge >= 0.3 is 6.18 Å². The first kappa shape index (κ1) is 21.3. The Morgan fingerprint density at radius 1 is 1.23 bits per heavy atom. The van der Waals surface area contributed by atoms with Crippen LogP contribution in [0.2, 0.25) is 0 Å². The zero-order chi connectivity index (χ0) is 22.0. The van der Waals surface area contributed by atoms with Crippen LogP contribution in [-0.2, 0) is 17.4 Å². The number of aromatic nitrogens is 4. The molecular formula is C22H24F3N5O. The van der Waals surface area contributed by atoms with Crippen molar-refractivity contribution in [2.24, 2.45) is 0 Å². The molecule has 1 saturated heterocycles. The van der Waals surface area contributed by atoms with E-state index < -0.39 is 11.9 Å². The second kappa shape index (κ2) is 8.64. The number of rotatable bonds is 5. The Bertz CT molecular complexity index is 1060. The van der Waals surface area contributed by atoms with Crippen LogP contribution in [0.1, 0.15) is 54.2 Å². The van der Waals surface area contributed by atoms with Gasteiger partial charge in [0.1, 0.15) is 5.69 Å². The van der Waals surface area contributed by atoms with Crippen molar-refractivity contribution < 1.29 is 18.0 Å². The van der Waals surface area contributed by atoms with Crippen LogP contribution in [0.25, 0.3) is 5.65 Å². The number of piperidine rings is 1. The largest absolute Gasteiger partial charge is 0.433 e. The van der Waals surface area contributed by atoms with Gasteiger partial charge in [-0.05, 0) is 56.4 Å². The lowest BCUT2D eigenvalue weighted by atomic mass is 9.93. The molecule has 0 aliphatic carbocycles. The monoisotopic (exact) mass is 431 g/mol. The SMILES string of the molecule is Cc1cc2nc([C@H]3CCCN(C(=O)CCCc4ccncc4)C3)cc(C(F)(F)F)n2n1. The number of aryl methyl sites for hydroxylation is 2. The number of alkyl halides is 3. The fourth-order valence-electron chi connectivity index (χ4n) is 4.12. The van der Waals surface area contributed by atoms with Crippen LogP contribution >= 0.6 is 0 Å². The third-order valence-corrected chi connectivity index (χ3v) is 5.66. The summed E-state index contributed by atoms with van der Waals surface area (Å²) < 4.78 is 41.7. The van der Waals surface area contributed by atoms with Gasteiger partial charge in [-0.15, -0.1) is 0 Å². The van der Waals surface area contributed by atoms with Crippen molar-refractivity contribution in [3.63, 3.8) is 0 Å². The molecule has 4 heterocycles. The van der Waals surface area contributed by atoms with Crippen molar-refractivity contribution >= 4 is 11.6 Å². The summed E-state index contributed by atoms with van der Waals surface area (Å²) in [5.41, 5.74) is 1.33. The number of amides is 1. The number of pyridine rings is 1. The van der Waals surface area contributed by atoms with Gasteiger partial charge in [-0.1, -0.05) is 0 Å². The molecule has 1 fully saturated rings. The van der Waals surface area contributed by atoms with Gasteiger partial charge < -0.3 is 4.90 Å². The predicted octanol–water partition coefficient (Wildman–Crippen LogP) is 4.18. The molecule has 0 N–H and O–H groups in total. The first-order valence-electron chi connectivity index (χ1n) is 10.4. The summed E-state index contributed by atoms with van der Waals surface area (Å²) in [5, 5.41) is 3.93. The molecule has 6 nitrogen and oxygen atoms in total. The maximum Gasteiger partial charge on any atom is 0.433 e. The molecule has 3 aromatic rings. The summed E-state index contributed by atoms with van der Waals surface area (Å²) in [4.78, 5) is 22.9. The van der Waals surface area contributed by atoms with Crippen LogP contribution in [-0.4, -0.2) is 43.5 Å². The van der Waals surface area contributed by atoms with E-state index in [9.17, 15) is 18.0 Å². The summed E-state index contributed by atoms with van der Waals surface area (Å²) >= 11 is 0. The number of carbonyl (C=O) groups is 1. The highest BCUT2D eigenvalue weighted by Gasteiger charge is 2.36. The van der Waals surface area contributed by atoms with Gasteiger partial charge in [0, 0.05) is 49.6 Å². The summed E-state index contributed by atoms with van der Waals surface area (Å²) in [6, 6.07) is 6.49. The van der Waals surface area contributed by atoms with Gasteiger partial charge in [-0.25, -0.2) is 9.50 Å². The molecule has 0 saturated carbocycles. The average molecular weight is 431 g/mol. The van der Waals surface area contributed by atoms with E-state index in [0.717, 1.165) is 35.4 Å². The van der Waals surface area contributed by atoms with E-state index in [4.69, 9.17) is 0 Å². The number of likely N-dealkylation sites (tertiary alicyclic amines) is 1. The summed E-state index contributed by atoms with van der Waals surface area (Å²) in [5.74, 6) is -0.185.